The number of rotatable bonds is 6. The molecule has 0 aromatic heterocycles. The Bertz CT molecular complexity index is 621. The van der Waals surface area contributed by atoms with Crippen molar-refractivity contribution >= 4 is 23.6 Å². The van der Waals surface area contributed by atoms with Crippen LogP contribution in [-0.2, 0) is 16.1 Å². The fourth-order valence-corrected chi connectivity index (χ4v) is 2.87. The van der Waals surface area contributed by atoms with Crippen LogP contribution in [0.5, 0.6) is 5.75 Å². The van der Waals surface area contributed by atoms with Gasteiger partial charge < -0.3 is 14.4 Å². The van der Waals surface area contributed by atoms with E-state index >= 15 is 0 Å². The average molecular weight is 355 g/mol. The van der Waals surface area contributed by atoms with E-state index < -0.39 is 6.09 Å². The summed E-state index contributed by atoms with van der Waals surface area (Å²) in [4.78, 5) is 27.4. The zero-order valence-electron chi connectivity index (χ0n) is 14.4. The van der Waals surface area contributed by atoms with Gasteiger partial charge >= 0.3 is 6.09 Å². The van der Waals surface area contributed by atoms with Gasteiger partial charge in [0.2, 0.25) is 5.91 Å². The summed E-state index contributed by atoms with van der Waals surface area (Å²) in [5.41, 5.74) is 0.810. The first-order chi connectivity index (χ1) is 11.3. The molecule has 7 heteroatoms. The first-order valence-corrected chi connectivity index (χ1v) is 8.21. The van der Waals surface area contributed by atoms with Crippen LogP contribution in [0.15, 0.2) is 18.2 Å². The van der Waals surface area contributed by atoms with Crippen molar-refractivity contribution in [3.05, 3.63) is 28.8 Å². The van der Waals surface area contributed by atoms with E-state index in [1.165, 1.54) is 4.90 Å². The summed E-state index contributed by atoms with van der Waals surface area (Å²) < 4.78 is 10.4. The fraction of sp³-hybridized carbons (Fsp3) is 0.529. The van der Waals surface area contributed by atoms with Crippen molar-refractivity contribution in [2.45, 2.75) is 26.4 Å². The lowest BCUT2D eigenvalue weighted by molar-refractivity contribution is -0.131. The SMILES string of the molecule is COc1ccc(Cl)cc1CN(C)C(=O)CN1C(=O)OCC1C(C)C. The maximum Gasteiger partial charge on any atom is 0.410 e. The lowest BCUT2D eigenvalue weighted by atomic mass is 10.0. The molecule has 2 amide bonds. The Balaban J connectivity index is 2.05. The first kappa shape index (κ1) is 18.4. The van der Waals surface area contributed by atoms with Crippen LogP contribution in [0.3, 0.4) is 0 Å². The molecule has 1 heterocycles. The fourth-order valence-electron chi connectivity index (χ4n) is 2.68. The van der Waals surface area contributed by atoms with Crippen molar-refractivity contribution in [2.75, 3.05) is 27.3 Å². The van der Waals surface area contributed by atoms with E-state index in [2.05, 4.69) is 0 Å². The van der Waals surface area contributed by atoms with Crippen LogP contribution >= 0.6 is 11.6 Å². The molecule has 1 aliphatic rings. The zero-order chi connectivity index (χ0) is 17.9. The smallest absolute Gasteiger partial charge is 0.410 e. The third-order valence-electron chi connectivity index (χ3n) is 4.16. The summed E-state index contributed by atoms with van der Waals surface area (Å²) in [6.07, 6.45) is -0.434. The lowest BCUT2D eigenvalue weighted by Crippen LogP contribution is -2.44. The number of carbonyl (C=O) groups is 2. The second-order valence-corrected chi connectivity index (χ2v) is 6.66. The highest BCUT2D eigenvalue weighted by Gasteiger charge is 2.36. The number of benzene rings is 1. The topological polar surface area (TPSA) is 59.1 Å². The molecule has 1 aromatic carbocycles. The maximum atomic E-state index is 12.5. The molecule has 1 saturated heterocycles. The number of hydrogen-bond acceptors (Lipinski definition) is 4. The number of hydrogen-bond donors (Lipinski definition) is 0. The average Bonchev–Trinajstić information content (AvgIpc) is 2.88. The van der Waals surface area contributed by atoms with Gasteiger partial charge in [0.05, 0.1) is 13.2 Å². The van der Waals surface area contributed by atoms with Crippen molar-refractivity contribution in [1.82, 2.24) is 9.80 Å². The van der Waals surface area contributed by atoms with E-state index in [0.717, 1.165) is 5.56 Å². The first-order valence-electron chi connectivity index (χ1n) is 7.83. The molecule has 0 radical (unpaired) electrons. The molecule has 0 spiro atoms. The summed E-state index contributed by atoms with van der Waals surface area (Å²) in [6, 6.07) is 5.20. The molecule has 1 aliphatic heterocycles. The van der Waals surface area contributed by atoms with E-state index in [4.69, 9.17) is 21.1 Å². The van der Waals surface area contributed by atoms with Crippen LogP contribution in [0.4, 0.5) is 4.79 Å². The van der Waals surface area contributed by atoms with Gasteiger partial charge in [0.15, 0.2) is 0 Å². The number of ether oxygens (including phenoxy) is 2. The summed E-state index contributed by atoms with van der Waals surface area (Å²) in [5, 5.41) is 0.578. The molecular formula is C17H23ClN2O4. The highest BCUT2D eigenvalue weighted by Crippen LogP contribution is 2.24. The third kappa shape index (κ3) is 4.12. The van der Waals surface area contributed by atoms with Crippen LogP contribution in [-0.4, -0.2) is 55.2 Å². The predicted octanol–water partition coefficient (Wildman–Crippen LogP) is 2.78. The van der Waals surface area contributed by atoms with Gasteiger partial charge in [-0.1, -0.05) is 25.4 Å². The van der Waals surface area contributed by atoms with E-state index in [1.807, 2.05) is 13.8 Å². The van der Waals surface area contributed by atoms with Gasteiger partial charge in [-0.25, -0.2) is 4.79 Å². The van der Waals surface area contributed by atoms with E-state index in [0.29, 0.717) is 23.9 Å². The highest BCUT2D eigenvalue weighted by atomic mass is 35.5. The molecule has 6 nitrogen and oxygen atoms in total. The van der Waals surface area contributed by atoms with Crippen molar-refractivity contribution in [2.24, 2.45) is 5.92 Å². The van der Waals surface area contributed by atoms with Gasteiger partial charge in [0.1, 0.15) is 18.9 Å². The molecule has 0 aliphatic carbocycles. The molecule has 0 saturated carbocycles. The molecule has 2 rings (SSSR count). The maximum absolute atomic E-state index is 12.5. The van der Waals surface area contributed by atoms with Gasteiger partial charge in [0, 0.05) is 24.2 Å². The van der Waals surface area contributed by atoms with Crippen LogP contribution in [0, 0.1) is 5.92 Å². The number of cyclic esters (lactones) is 1. The number of amides is 2. The van der Waals surface area contributed by atoms with Crippen LogP contribution in [0.2, 0.25) is 5.02 Å². The molecule has 0 bridgehead atoms. The normalized spacial score (nSPS) is 17.2. The molecule has 1 aromatic rings. The van der Waals surface area contributed by atoms with E-state index in [1.54, 1.807) is 37.3 Å². The zero-order valence-corrected chi connectivity index (χ0v) is 15.2. The highest BCUT2D eigenvalue weighted by molar-refractivity contribution is 6.30. The second-order valence-electron chi connectivity index (χ2n) is 6.22. The molecule has 1 unspecified atom stereocenters. The van der Waals surface area contributed by atoms with Crippen LogP contribution < -0.4 is 4.74 Å². The Labute approximate surface area is 147 Å². The summed E-state index contributed by atoms with van der Waals surface area (Å²) in [7, 11) is 3.26. The van der Waals surface area contributed by atoms with Gasteiger partial charge in [-0.3, -0.25) is 9.69 Å². The Morgan fingerprint density at radius 3 is 2.83 bits per heavy atom. The van der Waals surface area contributed by atoms with Crippen molar-refractivity contribution in [3.63, 3.8) is 0 Å². The van der Waals surface area contributed by atoms with Crippen molar-refractivity contribution in [3.8, 4) is 5.75 Å². The minimum absolute atomic E-state index is 0.00105. The molecule has 0 N–H and O–H groups in total. The third-order valence-corrected chi connectivity index (χ3v) is 4.40. The predicted molar refractivity (Wildman–Crippen MR) is 91.2 cm³/mol. The van der Waals surface area contributed by atoms with Gasteiger partial charge in [0.25, 0.3) is 0 Å². The van der Waals surface area contributed by atoms with Crippen molar-refractivity contribution in [1.29, 1.82) is 0 Å². The Kier molecular flexibility index (Phi) is 5.94. The minimum Gasteiger partial charge on any atom is -0.496 e. The Hall–Kier alpha value is -1.95. The molecule has 24 heavy (non-hydrogen) atoms. The Morgan fingerprint density at radius 1 is 1.50 bits per heavy atom. The summed E-state index contributed by atoms with van der Waals surface area (Å²) >= 11 is 6.02. The van der Waals surface area contributed by atoms with Gasteiger partial charge in [-0.15, -0.1) is 0 Å². The van der Waals surface area contributed by atoms with Gasteiger partial charge in [-0.2, -0.15) is 0 Å². The second kappa shape index (κ2) is 7.75. The quantitative estimate of drug-likeness (QED) is 0.788. The minimum atomic E-state index is -0.434. The monoisotopic (exact) mass is 354 g/mol. The molecule has 132 valence electrons. The summed E-state index contributed by atoms with van der Waals surface area (Å²) in [6.45, 7) is 4.68. The molecular weight excluding hydrogens is 332 g/mol. The van der Waals surface area contributed by atoms with Gasteiger partial charge in [-0.05, 0) is 24.1 Å². The standard InChI is InChI=1S/C17H23ClN2O4/c1-11(2)14-10-24-17(22)20(14)9-16(21)19(3)8-12-7-13(18)5-6-15(12)23-4/h5-7,11,14H,8-10H2,1-4H3. The lowest BCUT2D eigenvalue weighted by Gasteiger charge is -2.26. The van der Waals surface area contributed by atoms with E-state index in [-0.39, 0.29) is 24.4 Å². The largest absolute Gasteiger partial charge is 0.496 e. The number of halogens is 1. The van der Waals surface area contributed by atoms with E-state index in [9.17, 15) is 9.59 Å². The summed E-state index contributed by atoms with van der Waals surface area (Å²) in [5.74, 6) is 0.726. The number of carbonyl (C=O) groups excluding carboxylic acids is 2. The molecule has 1 fully saturated rings. The number of methoxy groups -OCH3 is 1. The number of likely N-dealkylation sites (N-methyl/N-ethyl adjacent to an activating group) is 1. The van der Waals surface area contributed by atoms with Crippen LogP contribution in [0.25, 0.3) is 0 Å². The molecule has 1 atom stereocenters. The van der Waals surface area contributed by atoms with Crippen molar-refractivity contribution < 1.29 is 19.1 Å². The Morgan fingerprint density at radius 2 is 2.21 bits per heavy atom. The number of nitrogens with zero attached hydrogens (tertiary/aromatic N) is 2. The van der Waals surface area contributed by atoms with Crippen LogP contribution in [0.1, 0.15) is 19.4 Å².